The molecule has 0 aromatic heterocycles. The molecule has 1 saturated heterocycles. The standard InChI is InChI=1S/C46H66N2O7/c1-31(12-10-15-32-13-6-4-7-14-32)20-24-43(52)27-26-41(2)30-44(55-39(51)34-16-8-5-9-17-34)40-42(3,35-18-11-19-36(35)47-48-44)23-22-37(49)46(40,43)45(41,53)25-21-33-28-38(50)54-29-33/h4,6-7,13-14,26-28,31,34-37,40,47-49,52-53H,5,8-12,15-25,29-30H2,1-3H3. The summed E-state index contributed by atoms with van der Waals surface area (Å²) in [7, 11) is 0. The lowest BCUT2D eigenvalue weighted by molar-refractivity contribution is -0.384. The second-order valence-electron chi connectivity index (χ2n) is 19.6. The summed E-state index contributed by atoms with van der Waals surface area (Å²) >= 11 is 0. The minimum atomic E-state index is -1.63. The van der Waals surface area contributed by atoms with Gasteiger partial charge in [-0.15, -0.1) is 0 Å². The fourth-order valence-corrected chi connectivity index (χ4v) is 13.7. The van der Waals surface area contributed by atoms with Crippen molar-refractivity contribution in [1.29, 1.82) is 0 Å². The van der Waals surface area contributed by atoms with Crippen LogP contribution in [0.4, 0.5) is 0 Å². The quantitative estimate of drug-likeness (QED) is 0.113. The number of esters is 2. The molecule has 9 heteroatoms. The van der Waals surface area contributed by atoms with E-state index in [1.165, 1.54) is 11.6 Å². The number of hydrogen-bond donors (Lipinski definition) is 5. The van der Waals surface area contributed by atoms with Gasteiger partial charge in [0.05, 0.1) is 28.6 Å². The Kier molecular flexibility index (Phi) is 10.5. The molecule has 1 aromatic carbocycles. The monoisotopic (exact) mass is 758 g/mol. The van der Waals surface area contributed by atoms with E-state index in [4.69, 9.17) is 9.47 Å². The highest BCUT2D eigenvalue weighted by Crippen LogP contribution is 2.78. The highest BCUT2D eigenvalue weighted by Gasteiger charge is 2.85. The molecule has 2 heterocycles. The van der Waals surface area contributed by atoms with Gasteiger partial charge in [0.2, 0.25) is 0 Å². The number of fused-ring (bicyclic) bond motifs is 3. The zero-order chi connectivity index (χ0) is 38.7. The van der Waals surface area contributed by atoms with Crippen LogP contribution >= 0.6 is 0 Å². The van der Waals surface area contributed by atoms with Crippen molar-refractivity contribution in [3.8, 4) is 0 Å². The molecule has 2 bridgehead atoms. The molecule has 5 fully saturated rings. The van der Waals surface area contributed by atoms with Crippen LogP contribution in [0.15, 0.2) is 54.1 Å². The van der Waals surface area contributed by atoms with E-state index >= 15 is 0 Å². The predicted molar refractivity (Wildman–Crippen MR) is 210 cm³/mol. The molecule has 7 aliphatic rings. The second kappa shape index (κ2) is 14.7. The molecule has 4 saturated carbocycles. The van der Waals surface area contributed by atoms with Crippen molar-refractivity contribution < 1.29 is 34.4 Å². The first-order chi connectivity index (χ1) is 26.3. The predicted octanol–water partition coefficient (Wildman–Crippen LogP) is 6.99. The van der Waals surface area contributed by atoms with Gasteiger partial charge < -0.3 is 24.8 Å². The van der Waals surface area contributed by atoms with E-state index in [-0.39, 0.29) is 49.3 Å². The molecule has 2 aliphatic heterocycles. The highest BCUT2D eigenvalue weighted by molar-refractivity contribution is 5.85. The maximum atomic E-state index is 14.5. The topological polar surface area (TPSA) is 137 Å². The van der Waals surface area contributed by atoms with Gasteiger partial charge >= 0.3 is 11.9 Å². The van der Waals surface area contributed by atoms with E-state index in [1.54, 1.807) is 0 Å². The van der Waals surface area contributed by atoms with Crippen molar-refractivity contribution in [3.63, 3.8) is 0 Å². The largest absolute Gasteiger partial charge is 0.458 e. The average Bonchev–Trinajstić information content (AvgIpc) is 3.82. The Morgan fingerprint density at radius 2 is 1.75 bits per heavy atom. The van der Waals surface area contributed by atoms with Crippen LogP contribution in [0.3, 0.4) is 0 Å². The van der Waals surface area contributed by atoms with Gasteiger partial charge in [-0.25, -0.2) is 10.2 Å². The summed E-state index contributed by atoms with van der Waals surface area (Å²) in [6.07, 6.45) is 18.2. The van der Waals surface area contributed by atoms with Crippen LogP contribution in [-0.2, 0) is 25.5 Å². The maximum absolute atomic E-state index is 14.5. The van der Waals surface area contributed by atoms with Crippen LogP contribution in [0, 0.1) is 39.9 Å². The first-order valence-corrected chi connectivity index (χ1v) is 21.8. The van der Waals surface area contributed by atoms with Crippen molar-refractivity contribution in [2.45, 2.75) is 165 Å². The number of hydrazine groups is 1. The van der Waals surface area contributed by atoms with Crippen LogP contribution < -0.4 is 10.9 Å². The SMILES string of the molecule is CC(CCCc1ccccc1)CCC1(O)C=CC2(C)CC3(OC(=O)C4CCCCC4)NNC4CCCC4C4(C)CCC(O)C1(C34)C2(O)CCC1=CC(=O)OC1. The number of aliphatic hydroxyl groups is 3. The molecule has 5 aliphatic carbocycles. The molecule has 8 rings (SSSR count). The molecule has 11 unspecified atom stereocenters. The number of carbonyl (C=O) groups excluding carboxylic acids is 2. The molecule has 55 heavy (non-hydrogen) atoms. The fourth-order valence-electron chi connectivity index (χ4n) is 13.7. The molecule has 5 N–H and O–H groups in total. The minimum Gasteiger partial charge on any atom is -0.458 e. The first kappa shape index (κ1) is 39.3. The zero-order valence-corrected chi connectivity index (χ0v) is 33.5. The van der Waals surface area contributed by atoms with Crippen molar-refractivity contribution in [1.82, 2.24) is 10.9 Å². The maximum Gasteiger partial charge on any atom is 0.331 e. The molecule has 11 atom stereocenters. The van der Waals surface area contributed by atoms with Gasteiger partial charge in [0.1, 0.15) is 6.61 Å². The highest BCUT2D eigenvalue weighted by atomic mass is 16.6. The van der Waals surface area contributed by atoms with Crippen molar-refractivity contribution in [2.75, 3.05) is 6.61 Å². The van der Waals surface area contributed by atoms with Gasteiger partial charge in [-0.3, -0.25) is 10.2 Å². The van der Waals surface area contributed by atoms with Crippen LogP contribution in [0.5, 0.6) is 0 Å². The molecular weight excluding hydrogens is 693 g/mol. The number of aliphatic hydroxyl groups excluding tert-OH is 1. The Morgan fingerprint density at radius 3 is 2.49 bits per heavy atom. The number of hydrogen-bond acceptors (Lipinski definition) is 9. The van der Waals surface area contributed by atoms with Gasteiger partial charge in [0.25, 0.3) is 0 Å². The van der Waals surface area contributed by atoms with Crippen molar-refractivity contribution in [2.24, 2.45) is 39.9 Å². The summed E-state index contributed by atoms with van der Waals surface area (Å²) in [6, 6.07) is 10.7. The molecular formula is C46H66N2O7. The Morgan fingerprint density at radius 1 is 0.964 bits per heavy atom. The lowest BCUT2D eigenvalue weighted by atomic mass is 9.30. The van der Waals surface area contributed by atoms with Gasteiger partial charge in [0, 0.05) is 29.9 Å². The van der Waals surface area contributed by atoms with E-state index in [1.807, 2.05) is 25.1 Å². The fraction of sp³-hybridized carbons (Fsp3) is 0.739. The van der Waals surface area contributed by atoms with Crippen molar-refractivity contribution in [3.05, 3.63) is 59.7 Å². The summed E-state index contributed by atoms with van der Waals surface area (Å²) < 4.78 is 12.4. The molecule has 1 aromatic rings. The van der Waals surface area contributed by atoms with E-state index in [0.29, 0.717) is 38.0 Å². The Labute approximate surface area is 328 Å². The number of cyclic esters (lactones) is 1. The Hall–Kier alpha value is -2.56. The summed E-state index contributed by atoms with van der Waals surface area (Å²) in [5.41, 5.74) is 1.98. The number of benzene rings is 1. The zero-order valence-electron chi connectivity index (χ0n) is 33.5. The molecule has 9 nitrogen and oxygen atoms in total. The van der Waals surface area contributed by atoms with Crippen LogP contribution in [-0.4, -0.2) is 62.9 Å². The number of aryl methyl sites for hydroxylation is 1. The van der Waals surface area contributed by atoms with E-state index in [9.17, 15) is 24.9 Å². The van der Waals surface area contributed by atoms with Gasteiger partial charge in [-0.05, 0) is 105 Å². The number of carbonyl (C=O) groups is 2. The van der Waals surface area contributed by atoms with Crippen LogP contribution in [0.1, 0.15) is 135 Å². The summed E-state index contributed by atoms with van der Waals surface area (Å²) in [5, 5.41) is 40.9. The average molecular weight is 759 g/mol. The summed E-state index contributed by atoms with van der Waals surface area (Å²) in [6.45, 7) is 6.77. The number of rotatable bonds is 12. The van der Waals surface area contributed by atoms with E-state index in [2.05, 4.69) is 49.0 Å². The van der Waals surface area contributed by atoms with E-state index < -0.39 is 45.2 Å². The molecule has 1 spiro atoms. The molecule has 302 valence electrons. The van der Waals surface area contributed by atoms with E-state index in [0.717, 1.165) is 76.2 Å². The number of nitrogens with one attached hydrogen (secondary N) is 2. The van der Waals surface area contributed by atoms with Crippen LogP contribution in [0.25, 0.3) is 0 Å². The lowest BCUT2D eigenvalue weighted by Gasteiger charge is -2.77. The lowest BCUT2D eigenvalue weighted by Crippen LogP contribution is -2.87. The third kappa shape index (κ3) is 6.29. The van der Waals surface area contributed by atoms with Gasteiger partial charge in [0.15, 0.2) is 5.72 Å². The van der Waals surface area contributed by atoms with Crippen molar-refractivity contribution >= 4 is 11.9 Å². The smallest absolute Gasteiger partial charge is 0.331 e. The molecule has 0 radical (unpaired) electrons. The summed E-state index contributed by atoms with van der Waals surface area (Å²) in [4.78, 5) is 26.7. The second-order valence-corrected chi connectivity index (χ2v) is 19.6. The normalized spacial score (nSPS) is 42.8. The first-order valence-electron chi connectivity index (χ1n) is 21.8. The third-order valence-corrected chi connectivity index (χ3v) is 16.4. The van der Waals surface area contributed by atoms with Gasteiger partial charge in [-0.1, -0.05) is 95.4 Å². The Bertz CT molecular complexity index is 1660. The van der Waals surface area contributed by atoms with Gasteiger partial charge in [-0.2, -0.15) is 0 Å². The summed E-state index contributed by atoms with van der Waals surface area (Å²) in [5.74, 6) is -0.927. The number of ether oxygens (including phenoxy) is 2. The molecule has 0 amide bonds. The van der Waals surface area contributed by atoms with Crippen LogP contribution in [0.2, 0.25) is 0 Å². The minimum absolute atomic E-state index is 0.131. The third-order valence-electron chi connectivity index (χ3n) is 16.4. The Balaban J connectivity index is 1.24.